The van der Waals surface area contributed by atoms with Gasteiger partial charge in [-0.05, 0) is 24.7 Å². The summed E-state index contributed by atoms with van der Waals surface area (Å²) in [6.45, 7) is 4.99. The predicted molar refractivity (Wildman–Crippen MR) is 104 cm³/mol. The van der Waals surface area contributed by atoms with Crippen LogP contribution in [0.1, 0.15) is 26.4 Å². The molecule has 0 radical (unpaired) electrons. The zero-order valence-electron chi connectivity index (χ0n) is 16.0. The number of aromatic amines is 1. The van der Waals surface area contributed by atoms with Crippen LogP contribution < -0.4 is 5.32 Å². The number of hydrogen-bond acceptors (Lipinski definition) is 5. The van der Waals surface area contributed by atoms with Gasteiger partial charge in [-0.3, -0.25) is 19.6 Å². The van der Waals surface area contributed by atoms with Gasteiger partial charge in [0.25, 0.3) is 11.8 Å². The minimum absolute atomic E-state index is 0.244. The molecule has 1 aromatic carbocycles. The number of hydrogen-bond donors (Lipinski definition) is 2. The quantitative estimate of drug-likeness (QED) is 0.824. The van der Waals surface area contributed by atoms with Crippen molar-refractivity contribution < 1.29 is 9.59 Å². The summed E-state index contributed by atoms with van der Waals surface area (Å²) in [4.78, 5) is 30.9. The summed E-state index contributed by atoms with van der Waals surface area (Å²) < 4.78 is 0. The summed E-state index contributed by atoms with van der Waals surface area (Å²) >= 11 is 0. The van der Waals surface area contributed by atoms with Crippen LogP contribution in [-0.4, -0.2) is 84.0 Å². The van der Waals surface area contributed by atoms with E-state index in [-0.39, 0.29) is 17.5 Å². The Kier molecular flexibility index (Phi) is 5.88. The lowest BCUT2D eigenvalue weighted by molar-refractivity contribution is 0.0823. The highest BCUT2D eigenvalue weighted by Crippen LogP contribution is 2.16. The third-order valence-electron chi connectivity index (χ3n) is 4.70. The Labute approximate surface area is 159 Å². The SMILES string of the molecule is CN1CCN(Cc2cccc(C(=O)Nc3cn[nH]c3C(=O)N(C)C)c2)CC1. The number of amides is 2. The summed E-state index contributed by atoms with van der Waals surface area (Å²) in [5.74, 6) is -0.504. The molecule has 144 valence electrons. The molecule has 0 bridgehead atoms. The second-order valence-electron chi connectivity index (χ2n) is 7.09. The lowest BCUT2D eigenvalue weighted by Crippen LogP contribution is -2.43. The van der Waals surface area contributed by atoms with Gasteiger partial charge >= 0.3 is 0 Å². The average Bonchev–Trinajstić information content (AvgIpc) is 3.11. The van der Waals surface area contributed by atoms with Crippen LogP contribution in [0.2, 0.25) is 0 Å². The van der Waals surface area contributed by atoms with Crippen LogP contribution in [0.5, 0.6) is 0 Å². The fraction of sp³-hybridized carbons (Fsp3) is 0.421. The number of H-pyrrole nitrogens is 1. The molecule has 0 atom stereocenters. The maximum atomic E-state index is 12.6. The third kappa shape index (κ3) is 4.72. The Hall–Kier alpha value is -2.71. The maximum absolute atomic E-state index is 12.6. The van der Waals surface area contributed by atoms with Crippen LogP contribution in [0.25, 0.3) is 0 Å². The molecule has 1 aromatic heterocycles. The number of rotatable bonds is 5. The second kappa shape index (κ2) is 8.32. The van der Waals surface area contributed by atoms with Crippen molar-refractivity contribution in [2.45, 2.75) is 6.54 Å². The van der Waals surface area contributed by atoms with Gasteiger partial charge in [-0.15, -0.1) is 0 Å². The van der Waals surface area contributed by atoms with Gasteiger partial charge in [0.15, 0.2) is 0 Å². The lowest BCUT2D eigenvalue weighted by atomic mass is 10.1. The van der Waals surface area contributed by atoms with Gasteiger partial charge in [0, 0.05) is 52.4 Å². The normalized spacial score (nSPS) is 15.5. The van der Waals surface area contributed by atoms with Crippen molar-refractivity contribution in [3.05, 3.63) is 47.3 Å². The van der Waals surface area contributed by atoms with E-state index in [2.05, 4.69) is 32.4 Å². The summed E-state index contributed by atoms with van der Waals surface area (Å²) in [5.41, 5.74) is 2.31. The standard InChI is InChI=1S/C19H26N6O2/c1-23(2)19(27)17-16(12-20-22-17)21-18(26)15-6-4-5-14(11-15)13-25-9-7-24(3)8-10-25/h4-6,11-12H,7-10,13H2,1-3H3,(H,20,22)(H,21,26). The third-order valence-corrected chi connectivity index (χ3v) is 4.70. The number of piperazine rings is 1. The first kappa shape index (κ1) is 19.1. The van der Waals surface area contributed by atoms with Crippen molar-refractivity contribution in [2.75, 3.05) is 52.6 Å². The van der Waals surface area contributed by atoms with Crippen molar-refractivity contribution >= 4 is 17.5 Å². The van der Waals surface area contributed by atoms with Gasteiger partial charge in [-0.1, -0.05) is 12.1 Å². The molecule has 2 aromatic rings. The van der Waals surface area contributed by atoms with E-state index in [1.807, 2.05) is 18.2 Å². The van der Waals surface area contributed by atoms with Gasteiger partial charge in [0.2, 0.25) is 0 Å². The van der Waals surface area contributed by atoms with Gasteiger partial charge in [0.1, 0.15) is 5.69 Å². The van der Waals surface area contributed by atoms with Crippen LogP contribution in [0.15, 0.2) is 30.5 Å². The molecule has 1 fully saturated rings. The van der Waals surface area contributed by atoms with E-state index in [1.165, 1.54) is 11.1 Å². The van der Waals surface area contributed by atoms with E-state index in [0.717, 1.165) is 38.3 Å². The van der Waals surface area contributed by atoms with Crippen molar-refractivity contribution in [3.8, 4) is 0 Å². The number of likely N-dealkylation sites (N-methyl/N-ethyl adjacent to an activating group) is 1. The van der Waals surface area contributed by atoms with Gasteiger partial charge in [-0.2, -0.15) is 5.10 Å². The van der Waals surface area contributed by atoms with Crippen LogP contribution >= 0.6 is 0 Å². The molecule has 1 aliphatic rings. The summed E-state index contributed by atoms with van der Waals surface area (Å²) in [5, 5.41) is 9.30. The van der Waals surface area contributed by atoms with E-state index >= 15 is 0 Å². The first-order valence-electron chi connectivity index (χ1n) is 9.00. The molecule has 27 heavy (non-hydrogen) atoms. The first-order chi connectivity index (χ1) is 12.9. The molecular weight excluding hydrogens is 344 g/mol. The number of nitrogens with one attached hydrogen (secondary N) is 2. The molecule has 3 rings (SSSR count). The fourth-order valence-corrected chi connectivity index (χ4v) is 3.04. The smallest absolute Gasteiger partial charge is 0.273 e. The summed E-state index contributed by atoms with van der Waals surface area (Å²) in [7, 11) is 5.43. The minimum Gasteiger partial charge on any atom is -0.343 e. The molecule has 1 saturated heterocycles. The second-order valence-corrected chi connectivity index (χ2v) is 7.09. The van der Waals surface area contributed by atoms with E-state index in [4.69, 9.17) is 0 Å². The highest BCUT2D eigenvalue weighted by atomic mass is 16.2. The largest absolute Gasteiger partial charge is 0.343 e. The number of aromatic nitrogens is 2. The van der Waals surface area contributed by atoms with Gasteiger partial charge in [0.05, 0.1) is 11.9 Å². The zero-order valence-corrected chi connectivity index (χ0v) is 16.0. The number of nitrogens with zero attached hydrogens (tertiary/aromatic N) is 4. The molecule has 0 spiro atoms. The average molecular weight is 370 g/mol. The Morgan fingerprint density at radius 2 is 1.96 bits per heavy atom. The van der Waals surface area contributed by atoms with Crippen molar-refractivity contribution in [2.24, 2.45) is 0 Å². The van der Waals surface area contributed by atoms with Crippen LogP contribution in [0.4, 0.5) is 5.69 Å². The minimum atomic E-state index is -0.260. The van der Waals surface area contributed by atoms with Crippen molar-refractivity contribution in [1.29, 1.82) is 0 Å². The number of carbonyl (C=O) groups excluding carboxylic acids is 2. The van der Waals surface area contributed by atoms with Crippen molar-refractivity contribution in [1.82, 2.24) is 24.9 Å². The maximum Gasteiger partial charge on any atom is 0.273 e. The van der Waals surface area contributed by atoms with Crippen molar-refractivity contribution in [3.63, 3.8) is 0 Å². The van der Waals surface area contributed by atoms with E-state index in [1.54, 1.807) is 20.2 Å². The molecule has 8 nitrogen and oxygen atoms in total. The lowest BCUT2D eigenvalue weighted by Gasteiger charge is -2.32. The Morgan fingerprint density at radius 3 is 2.67 bits per heavy atom. The number of carbonyl (C=O) groups is 2. The Morgan fingerprint density at radius 1 is 1.22 bits per heavy atom. The highest BCUT2D eigenvalue weighted by molar-refractivity contribution is 6.08. The molecule has 0 saturated carbocycles. The molecule has 2 amide bonds. The number of anilines is 1. The van der Waals surface area contributed by atoms with Crippen LogP contribution in [0.3, 0.4) is 0 Å². The monoisotopic (exact) mass is 370 g/mol. The molecule has 0 unspecified atom stereocenters. The van der Waals surface area contributed by atoms with Crippen LogP contribution in [-0.2, 0) is 6.54 Å². The molecule has 8 heteroatoms. The molecule has 0 aliphatic carbocycles. The Bertz CT molecular complexity index is 808. The predicted octanol–water partition coefficient (Wildman–Crippen LogP) is 1.11. The van der Waals surface area contributed by atoms with Gasteiger partial charge < -0.3 is 15.1 Å². The van der Waals surface area contributed by atoms with E-state index in [9.17, 15) is 9.59 Å². The Balaban J connectivity index is 1.67. The zero-order chi connectivity index (χ0) is 19.4. The molecule has 2 N–H and O–H groups in total. The summed E-state index contributed by atoms with van der Waals surface area (Å²) in [6, 6.07) is 7.60. The van der Waals surface area contributed by atoms with Gasteiger partial charge in [-0.25, -0.2) is 0 Å². The van der Waals surface area contributed by atoms with Crippen LogP contribution in [0, 0.1) is 0 Å². The fourth-order valence-electron chi connectivity index (χ4n) is 3.04. The highest BCUT2D eigenvalue weighted by Gasteiger charge is 2.19. The molecule has 1 aliphatic heterocycles. The number of benzene rings is 1. The summed E-state index contributed by atoms with van der Waals surface area (Å²) in [6.07, 6.45) is 1.45. The molecule has 2 heterocycles. The van der Waals surface area contributed by atoms with E-state index in [0.29, 0.717) is 11.3 Å². The van der Waals surface area contributed by atoms with E-state index < -0.39 is 0 Å². The first-order valence-corrected chi connectivity index (χ1v) is 9.00. The molecular formula is C19H26N6O2. The topological polar surface area (TPSA) is 84.6 Å².